The van der Waals surface area contributed by atoms with Crippen LogP contribution in [-0.4, -0.2) is 6.41 Å². The molecule has 0 fully saturated rings. The maximum atomic E-state index is 10.8. The molecule has 1 amide bonds. The zero-order valence-corrected chi connectivity index (χ0v) is 17.0. The summed E-state index contributed by atoms with van der Waals surface area (Å²) in [7, 11) is 0. The Kier molecular flexibility index (Phi) is 6.09. The van der Waals surface area contributed by atoms with Gasteiger partial charge in [-0.05, 0) is 40.1 Å². The molecule has 4 aromatic carbocycles. The summed E-state index contributed by atoms with van der Waals surface area (Å²) >= 11 is 0. The maximum Gasteiger partial charge on any atom is 0.207 e. The lowest BCUT2D eigenvalue weighted by Gasteiger charge is -2.16. The van der Waals surface area contributed by atoms with Crippen LogP contribution in [0.3, 0.4) is 0 Å². The quantitative estimate of drug-likeness (QED) is 0.356. The third-order valence-electron chi connectivity index (χ3n) is 5.42. The Morgan fingerprint density at radius 3 is 2.23 bits per heavy atom. The van der Waals surface area contributed by atoms with Crippen molar-refractivity contribution in [3.05, 3.63) is 102 Å². The molecule has 4 aromatic rings. The number of rotatable bonds is 8. The first-order valence-electron chi connectivity index (χ1n) is 10.3. The lowest BCUT2D eigenvalue weighted by Crippen LogP contribution is -2.18. The van der Waals surface area contributed by atoms with Crippen LogP contribution in [0.2, 0.25) is 0 Å². The van der Waals surface area contributed by atoms with Crippen molar-refractivity contribution in [1.29, 1.82) is 0 Å². The molecule has 30 heavy (non-hydrogen) atoms. The first-order valence-corrected chi connectivity index (χ1v) is 10.3. The Hall–Kier alpha value is -3.59. The van der Waals surface area contributed by atoms with Crippen LogP contribution in [0.25, 0.3) is 21.9 Å². The van der Waals surface area contributed by atoms with Gasteiger partial charge in [0.1, 0.15) is 12.4 Å². The summed E-state index contributed by atoms with van der Waals surface area (Å²) in [5, 5.41) is 5.14. The van der Waals surface area contributed by atoms with Gasteiger partial charge in [0.25, 0.3) is 0 Å². The van der Waals surface area contributed by atoms with E-state index in [4.69, 9.17) is 4.74 Å². The molecule has 1 atom stereocenters. The third kappa shape index (κ3) is 4.20. The van der Waals surface area contributed by atoms with Crippen molar-refractivity contribution in [3.8, 4) is 16.9 Å². The second-order valence-corrected chi connectivity index (χ2v) is 7.30. The predicted octanol–water partition coefficient (Wildman–Crippen LogP) is 6.28. The van der Waals surface area contributed by atoms with Crippen molar-refractivity contribution in [2.24, 2.45) is 0 Å². The summed E-state index contributed by atoms with van der Waals surface area (Å²) in [5.74, 6) is 0.885. The molecule has 150 valence electrons. The standard InChI is InChI=1S/C27H25NO2/c1-2-26(28-19-29)22-14-12-21(13-15-22)23-16-17-27(25-11-7-6-10-24(23)25)30-18-20-8-4-3-5-9-20/h3-17,19,26H,2,18H2,1H3,(H,28,29). The normalized spacial score (nSPS) is 11.8. The number of fused-ring (bicyclic) bond motifs is 1. The molecule has 3 nitrogen and oxygen atoms in total. The molecule has 3 heteroatoms. The summed E-state index contributed by atoms with van der Waals surface area (Å²) < 4.78 is 6.15. The van der Waals surface area contributed by atoms with Crippen LogP contribution in [-0.2, 0) is 11.4 Å². The molecule has 0 aliphatic rings. The molecule has 1 N–H and O–H groups in total. The molecule has 0 saturated carbocycles. The van der Waals surface area contributed by atoms with Gasteiger partial charge in [-0.2, -0.15) is 0 Å². The first kappa shape index (κ1) is 19.7. The van der Waals surface area contributed by atoms with Crippen LogP contribution < -0.4 is 10.1 Å². The van der Waals surface area contributed by atoms with Crippen LogP contribution in [0.1, 0.15) is 30.5 Å². The van der Waals surface area contributed by atoms with Gasteiger partial charge in [0.2, 0.25) is 6.41 Å². The second kappa shape index (κ2) is 9.27. The number of amides is 1. The Morgan fingerprint density at radius 1 is 0.833 bits per heavy atom. The van der Waals surface area contributed by atoms with Crippen LogP contribution in [0.15, 0.2) is 91.0 Å². The van der Waals surface area contributed by atoms with Crippen LogP contribution in [0, 0.1) is 0 Å². The summed E-state index contributed by atoms with van der Waals surface area (Å²) in [6.45, 7) is 2.61. The fourth-order valence-electron chi connectivity index (χ4n) is 3.81. The maximum absolute atomic E-state index is 10.8. The fraction of sp³-hybridized carbons (Fsp3) is 0.148. The van der Waals surface area contributed by atoms with Gasteiger partial charge in [0.05, 0.1) is 6.04 Å². The second-order valence-electron chi connectivity index (χ2n) is 7.30. The highest BCUT2D eigenvalue weighted by Gasteiger charge is 2.11. The van der Waals surface area contributed by atoms with Gasteiger partial charge in [-0.15, -0.1) is 0 Å². The van der Waals surface area contributed by atoms with E-state index in [9.17, 15) is 4.79 Å². The summed E-state index contributed by atoms with van der Waals surface area (Å²) in [5.41, 5.74) is 4.57. The van der Waals surface area contributed by atoms with Crippen molar-refractivity contribution in [3.63, 3.8) is 0 Å². The molecule has 4 rings (SSSR count). The molecule has 0 aliphatic heterocycles. The zero-order chi connectivity index (χ0) is 20.8. The molecule has 0 heterocycles. The lowest BCUT2D eigenvalue weighted by molar-refractivity contribution is -0.110. The van der Waals surface area contributed by atoms with Gasteiger partial charge < -0.3 is 10.1 Å². The van der Waals surface area contributed by atoms with Crippen LogP contribution in [0.5, 0.6) is 5.75 Å². The number of ether oxygens (including phenoxy) is 1. The Labute approximate surface area is 177 Å². The van der Waals surface area contributed by atoms with E-state index in [-0.39, 0.29) is 6.04 Å². The van der Waals surface area contributed by atoms with Crippen molar-refractivity contribution < 1.29 is 9.53 Å². The zero-order valence-electron chi connectivity index (χ0n) is 17.0. The predicted molar refractivity (Wildman–Crippen MR) is 122 cm³/mol. The van der Waals surface area contributed by atoms with Crippen molar-refractivity contribution >= 4 is 17.2 Å². The largest absolute Gasteiger partial charge is 0.488 e. The van der Waals surface area contributed by atoms with Crippen molar-refractivity contribution in [2.75, 3.05) is 0 Å². The van der Waals surface area contributed by atoms with Gasteiger partial charge in [-0.25, -0.2) is 0 Å². The molecule has 0 saturated heterocycles. The summed E-state index contributed by atoms with van der Waals surface area (Å²) in [6, 6.07) is 31.2. The summed E-state index contributed by atoms with van der Waals surface area (Å²) in [4.78, 5) is 10.8. The molecule has 0 bridgehead atoms. The van der Waals surface area contributed by atoms with Crippen molar-refractivity contribution in [2.45, 2.75) is 26.0 Å². The number of nitrogens with one attached hydrogen (secondary N) is 1. The Balaban J connectivity index is 1.65. The molecular formula is C27H25NO2. The van der Waals surface area contributed by atoms with E-state index in [0.717, 1.165) is 46.0 Å². The number of benzene rings is 4. The average molecular weight is 396 g/mol. The highest BCUT2D eigenvalue weighted by molar-refractivity contribution is 6.00. The average Bonchev–Trinajstić information content (AvgIpc) is 2.82. The number of hydrogen-bond donors (Lipinski definition) is 1. The third-order valence-corrected chi connectivity index (χ3v) is 5.42. The van der Waals surface area contributed by atoms with Crippen molar-refractivity contribution in [1.82, 2.24) is 5.32 Å². The monoisotopic (exact) mass is 395 g/mol. The van der Waals surface area contributed by atoms with E-state index in [1.54, 1.807) is 0 Å². The van der Waals surface area contributed by atoms with E-state index >= 15 is 0 Å². The highest BCUT2D eigenvalue weighted by atomic mass is 16.5. The van der Waals surface area contributed by atoms with E-state index in [0.29, 0.717) is 6.61 Å². The Morgan fingerprint density at radius 2 is 1.53 bits per heavy atom. The minimum Gasteiger partial charge on any atom is -0.488 e. The minimum absolute atomic E-state index is 0.0436. The van der Waals surface area contributed by atoms with Crippen LogP contribution in [0.4, 0.5) is 0 Å². The van der Waals surface area contributed by atoms with Gasteiger partial charge in [-0.3, -0.25) is 4.79 Å². The molecule has 1 unspecified atom stereocenters. The van der Waals surface area contributed by atoms with E-state index in [2.05, 4.69) is 79.0 Å². The SMILES string of the molecule is CCC(NC=O)c1ccc(-c2ccc(OCc3ccccc3)c3ccccc23)cc1. The van der Waals surface area contributed by atoms with Crippen LogP contribution >= 0.6 is 0 Å². The van der Waals surface area contributed by atoms with Gasteiger partial charge in [-0.1, -0.05) is 91.9 Å². The smallest absolute Gasteiger partial charge is 0.207 e. The van der Waals surface area contributed by atoms with Gasteiger partial charge >= 0.3 is 0 Å². The summed E-state index contributed by atoms with van der Waals surface area (Å²) in [6.07, 6.45) is 1.62. The fourth-order valence-corrected chi connectivity index (χ4v) is 3.81. The number of carbonyl (C=O) groups is 1. The molecule has 0 radical (unpaired) electrons. The molecule has 0 aromatic heterocycles. The highest BCUT2D eigenvalue weighted by Crippen LogP contribution is 2.35. The molecule has 0 aliphatic carbocycles. The number of carbonyl (C=O) groups excluding carboxylic acids is 1. The lowest BCUT2D eigenvalue weighted by atomic mass is 9.95. The minimum atomic E-state index is 0.0436. The van der Waals surface area contributed by atoms with E-state index in [1.807, 2.05) is 24.3 Å². The molecule has 0 spiro atoms. The Bertz CT molecular complexity index is 1120. The molecular weight excluding hydrogens is 370 g/mol. The van der Waals surface area contributed by atoms with Gasteiger partial charge in [0.15, 0.2) is 0 Å². The van der Waals surface area contributed by atoms with Gasteiger partial charge in [0, 0.05) is 5.39 Å². The number of hydrogen-bond acceptors (Lipinski definition) is 2. The van der Waals surface area contributed by atoms with E-state index < -0.39 is 0 Å². The van der Waals surface area contributed by atoms with E-state index in [1.165, 1.54) is 5.56 Å². The first-order chi connectivity index (χ1) is 14.8. The topological polar surface area (TPSA) is 38.3 Å².